The number of carbonyl (C=O) groups is 2. The molecule has 1 N–H and O–H groups in total. The molecule has 0 aliphatic carbocycles. The van der Waals surface area contributed by atoms with Crippen LogP contribution < -0.4 is 5.32 Å². The van der Waals surface area contributed by atoms with Gasteiger partial charge in [-0.1, -0.05) is 24.3 Å². The summed E-state index contributed by atoms with van der Waals surface area (Å²) in [6.07, 6.45) is 1.59. The van der Waals surface area contributed by atoms with Gasteiger partial charge in [-0.25, -0.2) is 0 Å². The van der Waals surface area contributed by atoms with Gasteiger partial charge < -0.3 is 9.73 Å². The minimum Gasteiger partial charge on any atom is -0.464 e. The van der Waals surface area contributed by atoms with Crippen LogP contribution in [0, 0.1) is 0 Å². The zero-order chi connectivity index (χ0) is 16.2. The van der Waals surface area contributed by atoms with Gasteiger partial charge in [-0.05, 0) is 43.3 Å². The summed E-state index contributed by atoms with van der Waals surface area (Å²) < 4.78 is 5.35. The third-order valence-corrected chi connectivity index (χ3v) is 3.46. The van der Waals surface area contributed by atoms with Crippen molar-refractivity contribution in [3.63, 3.8) is 0 Å². The van der Waals surface area contributed by atoms with E-state index in [1.54, 1.807) is 54.8 Å². The first-order valence-electron chi connectivity index (χ1n) is 7.20. The van der Waals surface area contributed by atoms with E-state index in [1.165, 1.54) is 6.92 Å². The molecule has 0 radical (unpaired) electrons. The Morgan fingerprint density at radius 2 is 1.70 bits per heavy atom. The Kier molecular flexibility index (Phi) is 4.06. The maximum absolute atomic E-state index is 12.4. The van der Waals surface area contributed by atoms with Crippen LogP contribution in [0.25, 0.3) is 11.3 Å². The molecule has 0 saturated heterocycles. The minimum atomic E-state index is -0.237. The van der Waals surface area contributed by atoms with Crippen LogP contribution in [-0.2, 0) is 0 Å². The molecule has 23 heavy (non-hydrogen) atoms. The third kappa shape index (κ3) is 3.37. The van der Waals surface area contributed by atoms with E-state index < -0.39 is 0 Å². The molecule has 2 aromatic carbocycles. The first kappa shape index (κ1) is 14.8. The summed E-state index contributed by atoms with van der Waals surface area (Å²) in [5.74, 6) is 0.429. The monoisotopic (exact) mass is 305 g/mol. The van der Waals surface area contributed by atoms with E-state index in [0.29, 0.717) is 22.6 Å². The lowest BCUT2D eigenvalue weighted by atomic mass is 10.1. The molecule has 0 aliphatic rings. The highest BCUT2D eigenvalue weighted by molar-refractivity contribution is 6.05. The molecule has 4 heteroatoms. The second-order valence-electron chi connectivity index (χ2n) is 5.15. The van der Waals surface area contributed by atoms with Gasteiger partial charge >= 0.3 is 0 Å². The summed E-state index contributed by atoms with van der Waals surface area (Å²) in [4.78, 5) is 23.8. The number of anilines is 1. The topological polar surface area (TPSA) is 59.3 Å². The van der Waals surface area contributed by atoms with Crippen molar-refractivity contribution in [1.82, 2.24) is 0 Å². The Bertz CT molecular complexity index is 851. The molecular formula is C19H15NO3. The van der Waals surface area contributed by atoms with Crippen LogP contribution in [0.15, 0.2) is 71.3 Å². The normalized spacial score (nSPS) is 10.3. The molecule has 0 spiro atoms. The highest BCUT2D eigenvalue weighted by atomic mass is 16.3. The van der Waals surface area contributed by atoms with Gasteiger partial charge in [-0.3, -0.25) is 9.59 Å². The second-order valence-corrected chi connectivity index (χ2v) is 5.15. The predicted octanol–water partition coefficient (Wildman–Crippen LogP) is 4.40. The Morgan fingerprint density at radius 3 is 2.43 bits per heavy atom. The second kappa shape index (κ2) is 6.32. The lowest BCUT2D eigenvalue weighted by Crippen LogP contribution is -2.12. The van der Waals surface area contributed by atoms with Gasteiger partial charge in [0.25, 0.3) is 5.91 Å². The van der Waals surface area contributed by atoms with E-state index in [2.05, 4.69) is 5.32 Å². The third-order valence-electron chi connectivity index (χ3n) is 3.46. The van der Waals surface area contributed by atoms with Gasteiger partial charge in [0.05, 0.1) is 6.26 Å². The lowest BCUT2D eigenvalue weighted by Gasteiger charge is -2.07. The maximum Gasteiger partial charge on any atom is 0.255 e. The fraction of sp³-hybridized carbons (Fsp3) is 0.0526. The largest absolute Gasteiger partial charge is 0.464 e. The summed E-state index contributed by atoms with van der Waals surface area (Å²) in [7, 11) is 0. The lowest BCUT2D eigenvalue weighted by molar-refractivity contribution is 0.101. The standard InChI is InChI=1S/C19H15NO3/c1-13(21)14-5-3-8-17(12-14)20-19(22)16-7-2-6-15(11-16)18-9-4-10-23-18/h2-12H,1H3,(H,20,22). The Morgan fingerprint density at radius 1 is 0.913 bits per heavy atom. The van der Waals surface area contributed by atoms with Crippen LogP contribution in [0.1, 0.15) is 27.6 Å². The minimum absolute atomic E-state index is 0.0408. The number of benzene rings is 2. The Labute approximate surface area is 133 Å². The number of hydrogen-bond donors (Lipinski definition) is 1. The molecular weight excluding hydrogens is 290 g/mol. The fourth-order valence-corrected chi connectivity index (χ4v) is 2.28. The van der Waals surface area contributed by atoms with E-state index >= 15 is 0 Å². The van der Waals surface area contributed by atoms with Crippen molar-refractivity contribution >= 4 is 17.4 Å². The molecule has 1 amide bonds. The first-order valence-corrected chi connectivity index (χ1v) is 7.20. The van der Waals surface area contributed by atoms with Gasteiger partial charge in [-0.2, -0.15) is 0 Å². The molecule has 1 aromatic heterocycles. The number of ketones is 1. The maximum atomic E-state index is 12.4. The molecule has 0 aliphatic heterocycles. The molecule has 0 fully saturated rings. The quantitative estimate of drug-likeness (QED) is 0.727. The number of rotatable bonds is 4. The summed E-state index contributed by atoms with van der Waals surface area (Å²) in [5.41, 5.74) is 2.51. The number of carbonyl (C=O) groups excluding carboxylic acids is 2. The average Bonchev–Trinajstić information content (AvgIpc) is 3.10. The van der Waals surface area contributed by atoms with Crippen LogP contribution in [0.4, 0.5) is 5.69 Å². The number of hydrogen-bond acceptors (Lipinski definition) is 3. The number of Topliss-reactive ketones (excluding diaryl/α,β-unsaturated/α-hetero) is 1. The molecule has 4 nitrogen and oxygen atoms in total. The predicted molar refractivity (Wildman–Crippen MR) is 88.5 cm³/mol. The Hall–Kier alpha value is -3.14. The van der Waals surface area contributed by atoms with Gasteiger partial charge in [0, 0.05) is 22.4 Å². The van der Waals surface area contributed by atoms with Crippen LogP contribution in [0.3, 0.4) is 0 Å². The van der Waals surface area contributed by atoms with Crippen molar-refractivity contribution in [1.29, 1.82) is 0 Å². The van der Waals surface area contributed by atoms with Crippen molar-refractivity contribution in [2.24, 2.45) is 0 Å². The first-order chi connectivity index (χ1) is 11.1. The van der Waals surface area contributed by atoms with Crippen molar-refractivity contribution in [3.05, 3.63) is 78.1 Å². The van der Waals surface area contributed by atoms with Gasteiger partial charge in [0.1, 0.15) is 5.76 Å². The molecule has 0 bridgehead atoms. The summed E-state index contributed by atoms with van der Waals surface area (Å²) in [6.45, 7) is 1.49. The molecule has 114 valence electrons. The zero-order valence-electron chi connectivity index (χ0n) is 12.6. The molecule has 0 saturated carbocycles. The summed E-state index contributed by atoms with van der Waals surface area (Å²) >= 11 is 0. The van der Waals surface area contributed by atoms with E-state index in [4.69, 9.17) is 4.42 Å². The number of furan rings is 1. The van der Waals surface area contributed by atoms with Gasteiger partial charge in [0.2, 0.25) is 0 Å². The van der Waals surface area contributed by atoms with E-state index in [-0.39, 0.29) is 11.7 Å². The van der Waals surface area contributed by atoms with Crippen molar-refractivity contribution in [2.45, 2.75) is 6.92 Å². The van der Waals surface area contributed by atoms with Crippen LogP contribution in [0.2, 0.25) is 0 Å². The molecule has 1 heterocycles. The van der Waals surface area contributed by atoms with Gasteiger partial charge in [-0.15, -0.1) is 0 Å². The number of nitrogens with one attached hydrogen (secondary N) is 1. The van der Waals surface area contributed by atoms with Crippen LogP contribution in [-0.4, -0.2) is 11.7 Å². The molecule has 0 atom stereocenters. The fourth-order valence-electron chi connectivity index (χ4n) is 2.28. The van der Waals surface area contributed by atoms with Crippen molar-refractivity contribution in [2.75, 3.05) is 5.32 Å². The van der Waals surface area contributed by atoms with Gasteiger partial charge in [0.15, 0.2) is 5.78 Å². The van der Waals surface area contributed by atoms with Crippen LogP contribution in [0.5, 0.6) is 0 Å². The molecule has 3 rings (SSSR count). The van der Waals surface area contributed by atoms with Crippen molar-refractivity contribution in [3.8, 4) is 11.3 Å². The molecule has 3 aromatic rings. The van der Waals surface area contributed by atoms with E-state index in [1.807, 2.05) is 12.1 Å². The highest BCUT2D eigenvalue weighted by Gasteiger charge is 2.09. The smallest absolute Gasteiger partial charge is 0.255 e. The highest BCUT2D eigenvalue weighted by Crippen LogP contribution is 2.21. The zero-order valence-corrected chi connectivity index (χ0v) is 12.6. The Balaban J connectivity index is 1.82. The molecule has 0 unspecified atom stereocenters. The SMILES string of the molecule is CC(=O)c1cccc(NC(=O)c2cccc(-c3ccco3)c2)c1. The average molecular weight is 305 g/mol. The summed E-state index contributed by atoms with van der Waals surface area (Å²) in [6, 6.07) is 17.7. The van der Waals surface area contributed by atoms with E-state index in [0.717, 1.165) is 5.56 Å². The van der Waals surface area contributed by atoms with E-state index in [9.17, 15) is 9.59 Å². The van der Waals surface area contributed by atoms with Crippen molar-refractivity contribution < 1.29 is 14.0 Å². The van der Waals surface area contributed by atoms with Crippen LogP contribution >= 0.6 is 0 Å². The summed E-state index contributed by atoms with van der Waals surface area (Å²) in [5, 5.41) is 2.80. The number of amides is 1.